The Bertz CT molecular complexity index is 963. The molecule has 6 bridgehead atoms. The zero-order chi connectivity index (χ0) is 25.0. The maximum absolute atomic E-state index is 2.71. The van der Waals surface area contributed by atoms with Crippen molar-refractivity contribution in [2.24, 2.45) is 106 Å². The average molecular weight is 515 g/mol. The van der Waals surface area contributed by atoms with Crippen LogP contribution >= 0.6 is 0 Å². The van der Waals surface area contributed by atoms with Gasteiger partial charge in [-0.3, -0.25) is 0 Å². The Morgan fingerprint density at radius 2 is 1.11 bits per heavy atom. The molecule has 0 nitrogen and oxygen atoms in total. The molecule has 11 rings (SSSR count). The average Bonchev–Trinajstić information content (AvgIpc) is 3.59. The fourth-order valence-corrected chi connectivity index (χ4v) is 17.8. The largest absolute Gasteiger partial charge is 0.0625 e. The van der Waals surface area contributed by atoms with Crippen LogP contribution in [0.5, 0.6) is 0 Å². The Balaban J connectivity index is 1.01. The van der Waals surface area contributed by atoms with Crippen LogP contribution in [-0.4, -0.2) is 0 Å². The van der Waals surface area contributed by atoms with Crippen molar-refractivity contribution in [1.29, 1.82) is 0 Å². The van der Waals surface area contributed by atoms with Crippen molar-refractivity contribution < 1.29 is 0 Å². The van der Waals surface area contributed by atoms with E-state index in [1.165, 1.54) is 5.92 Å². The van der Waals surface area contributed by atoms with Crippen molar-refractivity contribution in [2.45, 2.75) is 129 Å². The zero-order valence-corrected chi connectivity index (χ0v) is 25.0. The van der Waals surface area contributed by atoms with Crippen LogP contribution < -0.4 is 0 Å². The van der Waals surface area contributed by atoms with E-state index < -0.39 is 0 Å². The van der Waals surface area contributed by atoms with E-state index in [-0.39, 0.29) is 0 Å². The van der Waals surface area contributed by atoms with Gasteiger partial charge in [-0.1, -0.05) is 39.5 Å². The second kappa shape index (κ2) is 7.88. The molecule has 0 aliphatic heterocycles. The summed E-state index contributed by atoms with van der Waals surface area (Å²) >= 11 is 0. The third-order valence-corrected chi connectivity index (χ3v) is 17.7. The first-order chi connectivity index (χ1) is 18.5. The minimum atomic E-state index is 0.791. The summed E-state index contributed by atoms with van der Waals surface area (Å²) in [6.07, 6.45) is 29.8. The molecule has 0 heteroatoms. The standard InChI is InChI=1S/C38H58/c1-21-9-30-27-13-32(31(30)10-21)34(15-27)38-18-23-12-24(19-38)17-37(16-23,20-38)33-14-26-6-3-5-25-11-22(2)28-7-4-8-29(33)36(28)35(25)26/h21-36H,3-20H2,1-2H3. The van der Waals surface area contributed by atoms with Gasteiger partial charge in [0.2, 0.25) is 0 Å². The van der Waals surface area contributed by atoms with E-state index >= 15 is 0 Å². The Kier molecular flexibility index (Phi) is 4.88. The molecule has 0 heterocycles. The van der Waals surface area contributed by atoms with E-state index in [2.05, 4.69) is 13.8 Å². The minimum absolute atomic E-state index is 0.791. The molecule has 38 heavy (non-hydrogen) atoms. The van der Waals surface area contributed by atoms with Crippen LogP contribution in [-0.2, 0) is 0 Å². The van der Waals surface area contributed by atoms with Crippen LogP contribution in [0.15, 0.2) is 0 Å². The van der Waals surface area contributed by atoms with Crippen molar-refractivity contribution in [3.05, 3.63) is 0 Å². The van der Waals surface area contributed by atoms with Gasteiger partial charge in [-0.05, 0) is 195 Å². The number of hydrogen-bond donors (Lipinski definition) is 0. The molecule has 11 aliphatic carbocycles. The minimum Gasteiger partial charge on any atom is -0.0625 e. The van der Waals surface area contributed by atoms with Gasteiger partial charge >= 0.3 is 0 Å². The van der Waals surface area contributed by atoms with Gasteiger partial charge < -0.3 is 0 Å². The summed E-state index contributed by atoms with van der Waals surface area (Å²) < 4.78 is 0. The molecule has 11 fully saturated rings. The fourth-order valence-electron chi connectivity index (χ4n) is 17.8. The second-order valence-corrected chi connectivity index (χ2v) is 19.0. The lowest BCUT2D eigenvalue weighted by Crippen LogP contribution is -2.62. The smallest absolute Gasteiger partial charge is 0.0256 e. The normalized spacial score (nSPS) is 67.1. The van der Waals surface area contributed by atoms with Crippen LogP contribution in [0.1, 0.15) is 129 Å². The first-order valence-electron chi connectivity index (χ1n) is 18.5. The number of hydrogen-bond acceptors (Lipinski definition) is 0. The zero-order valence-electron chi connectivity index (χ0n) is 25.0. The molecule has 11 saturated carbocycles. The van der Waals surface area contributed by atoms with E-state index in [0.717, 1.165) is 99.6 Å². The highest BCUT2D eigenvalue weighted by Crippen LogP contribution is 2.77. The van der Waals surface area contributed by atoms with Gasteiger partial charge in [-0.2, -0.15) is 0 Å². The van der Waals surface area contributed by atoms with Crippen LogP contribution in [0.3, 0.4) is 0 Å². The van der Waals surface area contributed by atoms with Crippen molar-refractivity contribution in [3.8, 4) is 0 Å². The summed E-state index contributed by atoms with van der Waals surface area (Å²) in [6.45, 7) is 5.31. The lowest BCUT2D eigenvalue weighted by Gasteiger charge is -2.71. The van der Waals surface area contributed by atoms with E-state index in [0.29, 0.717) is 0 Å². The molecular weight excluding hydrogens is 456 g/mol. The lowest BCUT2D eigenvalue weighted by molar-refractivity contribution is -0.214. The SMILES string of the molecule is CC1CC2C3CC(C2C1)C(C12CC4CC(C1)CC(C1CC5CCCC6CC(C)C7CCCC1C7C65)(C4)C2)C3. The Hall–Kier alpha value is 0. The maximum atomic E-state index is 2.71. The predicted octanol–water partition coefficient (Wildman–Crippen LogP) is 10.0. The lowest BCUT2D eigenvalue weighted by atomic mass is 9.34. The summed E-state index contributed by atoms with van der Waals surface area (Å²) in [7, 11) is 0. The summed E-state index contributed by atoms with van der Waals surface area (Å²) in [4.78, 5) is 0. The van der Waals surface area contributed by atoms with Gasteiger partial charge in [-0.25, -0.2) is 0 Å². The Morgan fingerprint density at radius 3 is 1.89 bits per heavy atom. The van der Waals surface area contributed by atoms with E-state index in [9.17, 15) is 0 Å². The van der Waals surface area contributed by atoms with Crippen LogP contribution in [0.25, 0.3) is 0 Å². The molecule has 0 spiro atoms. The van der Waals surface area contributed by atoms with Gasteiger partial charge in [0.05, 0.1) is 0 Å². The van der Waals surface area contributed by atoms with Gasteiger partial charge in [0.1, 0.15) is 0 Å². The third kappa shape index (κ3) is 2.96. The molecular formula is C38H58. The van der Waals surface area contributed by atoms with Gasteiger partial charge in [-0.15, -0.1) is 0 Å². The predicted molar refractivity (Wildman–Crippen MR) is 155 cm³/mol. The first kappa shape index (κ1) is 23.6. The van der Waals surface area contributed by atoms with E-state index in [1.54, 1.807) is 116 Å². The summed E-state index contributed by atoms with van der Waals surface area (Å²) in [6, 6.07) is 0. The maximum Gasteiger partial charge on any atom is -0.0256 e. The molecule has 0 aromatic heterocycles. The molecule has 0 aromatic rings. The highest BCUT2D eigenvalue weighted by Gasteiger charge is 2.69. The summed E-state index contributed by atoms with van der Waals surface area (Å²) in [5.41, 5.74) is 1.60. The van der Waals surface area contributed by atoms with E-state index in [4.69, 9.17) is 0 Å². The van der Waals surface area contributed by atoms with Crippen molar-refractivity contribution >= 4 is 0 Å². The molecule has 210 valence electrons. The molecule has 11 aliphatic rings. The molecule has 0 radical (unpaired) electrons. The van der Waals surface area contributed by atoms with Crippen molar-refractivity contribution in [2.75, 3.05) is 0 Å². The van der Waals surface area contributed by atoms with Gasteiger partial charge in [0.15, 0.2) is 0 Å². The molecule has 0 aromatic carbocycles. The van der Waals surface area contributed by atoms with Crippen molar-refractivity contribution in [3.63, 3.8) is 0 Å². The van der Waals surface area contributed by atoms with Gasteiger partial charge in [0, 0.05) is 0 Å². The van der Waals surface area contributed by atoms with Crippen LogP contribution in [0.4, 0.5) is 0 Å². The number of fused-ring (bicyclic) bond motifs is 5. The first-order valence-corrected chi connectivity index (χ1v) is 18.5. The highest BCUT2D eigenvalue weighted by molar-refractivity contribution is 5.18. The molecule has 0 saturated heterocycles. The summed E-state index contributed by atoms with van der Waals surface area (Å²) in [5, 5.41) is 0. The second-order valence-electron chi connectivity index (χ2n) is 19.0. The highest BCUT2D eigenvalue weighted by atomic mass is 14.7. The van der Waals surface area contributed by atoms with Gasteiger partial charge in [0.25, 0.3) is 0 Å². The number of rotatable bonds is 2. The topological polar surface area (TPSA) is 0 Å². The quantitative estimate of drug-likeness (QED) is 0.344. The van der Waals surface area contributed by atoms with Crippen LogP contribution in [0.2, 0.25) is 0 Å². The Morgan fingerprint density at radius 1 is 0.474 bits per heavy atom. The molecule has 0 N–H and O–H groups in total. The molecule has 16 atom stereocenters. The molecule has 0 amide bonds. The fraction of sp³-hybridized carbons (Fsp3) is 1.00. The summed E-state index contributed by atoms with van der Waals surface area (Å²) in [5.74, 6) is 18.2. The van der Waals surface area contributed by atoms with E-state index in [1.807, 2.05) is 0 Å². The van der Waals surface area contributed by atoms with Crippen molar-refractivity contribution in [1.82, 2.24) is 0 Å². The molecule has 16 unspecified atom stereocenters. The monoisotopic (exact) mass is 514 g/mol. The Labute approximate surface area is 234 Å². The third-order valence-electron chi connectivity index (χ3n) is 17.7. The van der Waals surface area contributed by atoms with Crippen LogP contribution in [0, 0.1) is 106 Å².